The van der Waals surface area contributed by atoms with Crippen LogP contribution < -0.4 is 0 Å². The molecule has 19 heavy (non-hydrogen) atoms. The highest BCUT2D eigenvalue weighted by Crippen LogP contribution is 2.28. The van der Waals surface area contributed by atoms with Crippen molar-refractivity contribution in [1.29, 1.82) is 0 Å². The maximum absolute atomic E-state index is 9.44. The Morgan fingerprint density at radius 1 is 1.05 bits per heavy atom. The SMILES string of the molecule is Oc1cccc(-c2noc(-c3ccccc3Cl)n2)c1. The van der Waals surface area contributed by atoms with Crippen molar-refractivity contribution in [2.75, 3.05) is 0 Å². The summed E-state index contributed by atoms with van der Waals surface area (Å²) in [5.41, 5.74) is 1.37. The highest BCUT2D eigenvalue weighted by atomic mass is 35.5. The van der Waals surface area contributed by atoms with E-state index in [2.05, 4.69) is 10.1 Å². The molecule has 0 bridgehead atoms. The van der Waals surface area contributed by atoms with Crippen LogP contribution in [-0.4, -0.2) is 15.2 Å². The van der Waals surface area contributed by atoms with Crippen LogP contribution >= 0.6 is 11.6 Å². The van der Waals surface area contributed by atoms with E-state index in [1.165, 1.54) is 0 Å². The summed E-state index contributed by atoms with van der Waals surface area (Å²) in [6.07, 6.45) is 0. The van der Waals surface area contributed by atoms with Crippen LogP contribution in [-0.2, 0) is 0 Å². The zero-order valence-corrected chi connectivity index (χ0v) is 10.5. The number of benzene rings is 2. The molecule has 1 N–H and O–H groups in total. The van der Waals surface area contributed by atoms with Crippen molar-refractivity contribution in [3.63, 3.8) is 0 Å². The molecule has 3 aromatic rings. The molecule has 0 aliphatic heterocycles. The maximum atomic E-state index is 9.44. The molecular formula is C14H9ClN2O2. The van der Waals surface area contributed by atoms with Crippen molar-refractivity contribution < 1.29 is 9.63 Å². The number of nitrogens with zero attached hydrogens (tertiary/aromatic N) is 2. The van der Waals surface area contributed by atoms with Gasteiger partial charge in [-0.2, -0.15) is 4.98 Å². The molecule has 5 heteroatoms. The van der Waals surface area contributed by atoms with Crippen molar-refractivity contribution in [2.45, 2.75) is 0 Å². The second-order valence-electron chi connectivity index (χ2n) is 3.95. The van der Waals surface area contributed by atoms with Crippen LogP contribution in [0.15, 0.2) is 53.1 Å². The first-order valence-electron chi connectivity index (χ1n) is 5.62. The van der Waals surface area contributed by atoms with E-state index in [9.17, 15) is 5.11 Å². The van der Waals surface area contributed by atoms with Crippen molar-refractivity contribution in [3.8, 4) is 28.6 Å². The molecule has 1 heterocycles. The van der Waals surface area contributed by atoms with Crippen LogP contribution in [0.1, 0.15) is 0 Å². The van der Waals surface area contributed by atoms with Crippen molar-refractivity contribution >= 4 is 11.6 Å². The Kier molecular flexibility index (Phi) is 2.93. The smallest absolute Gasteiger partial charge is 0.259 e. The van der Waals surface area contributed by atoms with Crippen molar-refractivity contribution in [3.05, 3.63) is 53.6 Å². The molecule has 0 aliphatic rings. The van der Waals surface area contributed by atoms with Gasteiger partial charge in [-0.05, 0) is 24.3 Å². The molecule has 4 nitrogen and oxygen atoms in total. The predicted octanol–water partition coefficient (Wildman–Crippen LogP) is 3.76. The molecule has 94 valence electrons. The predicted molar refractivity (Wildman–Crippen MR) is 71.8 cm³/mol. The summed E-state index contributed by atoms with van der Waals surface area (Å²) in [6, 6.07) is 13.9. The summed E-state index contributed by atoms with van der Waals surface area (Å²) >= 11 is 6.07. The molecule has 0 saturated carbocycles. The van der Waals surface area contributed by atoms with Gasteiger partial charge in [-0.15, -0.1) is 0 Å². The molecule has 0 radical (unpaired) electrons. The van der Waals surface area contributed by atoms with Crippen LogP contribution in [0.3, 0.4) is 0 Å². The summed E-state index contributed by atoms with van der Waals surface area (Å²) in [5.74, 6) is 0.913. The molecule has 2 aromatic carbocycles. The molecule has 0 saturated heterocycles. The molecule has 0 amide bonds. The van der Waals surface area contributed by atoms with Gasteiger partial charge in [-0.3, -0.25) is 0 Å². The van der Waals surface area contributed by atoms with Crippen LogP contribution in [0, 0.1) is 0 Å². The largest absolute Gasteiger partial charge is 0.508 e. The zero-order chi connectivity index (χ0) is 13.2. The summed E-state index contributed by atoms with van der Waals surface area (Å²) < 4.78 is 5.20. The van der Waals surface area contributed by atoms with Crippen LogP contribution in [0.25, 0.3) is 22.8 Å². The lowest BCUT2D eigenvalue weighted by Crippen LogP contribution is -1.81. The molecule has 0 atom stereocenters. The van der Waals surface area contributed by atoms with Gasteiger partial charge in [0.05, 0.1) is 10.6 Å². The first-order valence-corrected chi connectivity index (χ1v) is 6.00. The van der Waals surface area contributed by atoms with E-state index in [-0.39, 0.29) is 5.75 Å². The van der Waals surface area contributed by atoms with Crippen LogP contribution in [0.4, 0.5) is 0 Å². The van der Waals surface area contributed by atoms with Crippen LogP contribution in [0.2, 0.25) is 5.02 Å². The van der Waals surface area contributed by atoms with E-state index in [1.807, 2.05) is 18.2 Å². The van der Waals surface area contributed by atoms with E-state index in [1.54, 1.807) is 30.3 Å². The molecule has 1 aromatic heterocycles. The van der Waals surface area contributed by atoms with E-state index >= 15 is 0 Å². The summed E-state index contributed by atoms with van der Waals surface area (Å²) in [5, 5.41) is 13.9. The average molecular weight is 273 g/mol. The highest BCUT2D eigenvalue weighted by molar-refractivity contribution is 6.33. The van der Waals surface area contributed by atoms with E-state index in [0.29, 0.717) is 27.9 Å². The van der Waals surface area contributed by atoms with Gasteiger partial charge in [0, 0.05) is 5.56 Å². The molecule has 0 aliphatic carbocycles. The summed E-state index contributed by atoms with van der Waals surface area (Å²) in [7, 11) is 0. The van der Waals surface area contributed by atoms with Crippen LogP contribution in [0.5, 0.6) is 5.75 Å². The van der Waals surface area contributed by atoms with E-state index in [4.69, 9.17) is 16.1 Å². The number of hydrogen-bond donors (Lipinski definition) is 1. The number of halogens is 1. The number of hydrogen-bond acceptors (Lipinski definition) is 4. The Labute approximate surface area is 114 Å². The number of aromatic hydroxyl groups is 1. The minimum Gasteiger partial charge on any atom is -0.508 e. The van der Waals surface area contributed by atoms with Gasteiger partial charge < -0.3 is 9.63 Å². The third kappa shape index (κ3) is 2.30. The van der Waals surface area contributed by atoms with Gasteiger partial charge in [0.25, 0.3) is 5.89 Å². The van der Waals surface area contributed by atoms with Gasteiger partial charge in [0.15, 0.2) is 0 Å². The molecule has 0 unspecified atom stereocenters. The van der Waals surface area contributed by atoms with Gasteiger partial charge >= 0.3 is 0 Å². The number of phenols is 1. The lowest BCUT2D eigenvalue weighted by atomic mass is 10.2. The minimum absolute atomic E-state index is 0.154. The molecule has 0 spiro atoms. The van der Waals surface area contributed by atoms with Crippen molar-refractivity contribution in [2.24, 2.45) is 0 Å². The topological polar surface area (TPSA) is 59.2 Å². The molecule has 3 rings (SSSR count). The monoisotopic (exact) mass is 272 g/mol. The average Bonchev–Trinajstić information content (AvgIpc) is 2.89. The van der Waals surface area contributed by atoms with Gasteiger partial charge in [0.2, 0.25) is 5.82 Å². The summed E-state index contributed by atoms with van der Waals surface area (Å²) in [6.45, 7) is 0. The Bertz CT molecular complexity index is 725. The quantitative estimate of drug-likeness (QED) is 0.771. The fourth-order valence-electron chi connectivity index (χ4n) is 1.73. The third-order valence-electron chi connectivity index (χ3n) is 2.63. The van der Waals surface area contributed by atoms with Crippen molar-refractivity contribution in [1.82, 2.24) is 10.1 Å². The second kappa shape index (κ2) is 4.74. The molecule has 0 fully saturated rings. The maximum Gasteiger partial charge on any atom is 0.259 e. The number of aromatic nitrogens is 2. The minimum atomic E-state index is 0.154. The number of phenolic OH excluding ortho intramolecular Hbond substituents is 1. The molecular weight excluding hydrogens is 264 g/mol. The van der Waals surface area contributed by atoms with Gasteiger partial charge in [0.1, 0.15) is 5.75 Å². The zero-order valence-electron chi connectivity index (χ0n) is 9.75. The second-order valence-corrected chi connectivity index (χ2v) is 4.36. The first-order chi connectivity index (χ1) is 9.24. The fraction of sp³-hybridized carbons (Fsp3) is 0. The van der Waals surface area contributed by atoms with E-state index in [0.717, 1.165) is 0 Å². The Hall–Kier alpha value is -2.33. The van der Waals surface area contributed by atoms with E-state index < -0.39 is 0 Å². The standard InChI is InChI=1S/C14H9ClN2O2/c15-12-7-2-1-6-11(12)14-16-13(17-19-14)9-4-3-5-10(18)8-9/h1-8,18H. The normalized spacial score (nSPS) is 10.6. The number of rotatable bonds is 2. The Balaban J connectivity index is 2.03. The summed E-state index contributed by atoms with van der Waals surface area (Å²) in [4.78, 5) is 4.28. The fourth-order valence-corrected chi connectivity index (χ4v) is 1.95. The first kappa shape index (κ1) is 11.7. The lowest BCUT2D eigenvalue weighted by molar-refractivity contribution is 0.432. The lowest BCUT2D eigenvalue weighted by Gasteiger charge is -1.96. The van der Waals surface area contributed by atoms with Gasteiger partial charge in [-0.1, -0.05) is 41.0 Å². The Morgan fingerprint density at radius 3 is 2.68 bits per heavy atom. The third-order valence-corrected chi connectivity index (χ3v) is 2.96. The van der Waals surface area contributed by atoms with Gasteiger partial charge in [-0.25, -0.2) is 0 Å². The highest BCUT2D eigenvalue weighted by Gasteiger charge is 2.13. The Morgan fingerprint density at radius 2 is 1.89 bits per heavy atom.